The van der Waals surface area contributed by atoms with Gasteiger partial charge in [-0.25, -0.2) is 4.79 Å². The van der Waals surface area contributed by atoms with E-state index in [1.807, 2.05) is 13.8 Å². The van der Waals surface area contributed by atoms with E-state index in [2.05, 4.69) is 6.07 Å². The molecule has 0 aromatic carbocycles. The highest BCUT2D eigenvalue weighted by molar-refractivity contribution is 5.64. The van der Waals surface area contributed by atoms with E-state index in [1.165, 1.54) is 4.90 Å². The van der Waals surface area contributed by atoms with E-state index in [9.17, 15) is 4.79 Å². The van der Waals surface area contributed by atoms with Crippen LogP contribution in [0.25, 0.3) is 0 Å². The lowest BCUT2D eigenvalue weighted by molar-refractivity contribution is 0.105. The molecule has 0 saturated carbocycles. The maximum atomic E-state index is 10.6. The van der Waals surface area contributed by atoms with Gasteiger partial charge in [-0.15, -0.1) is 0 Å². The van der Waals surface area contributed by atoms with Crippen LogP contribution in [-0.4, -0.2) is 29.2 Å². The van der Waals surface area contributed by atoms with Crippen LogP contribution in [0.5, 0.6) is 0 Å². The molecule has 1 saturated heterocycles. The summed E-state index contributed by atoms with van der Waals surface area (Å²) >= 11 is 0. The monoisotopic (exact) mass is 196 g/mol. The van der Waals surface area contributed by atoms with Crippen LogP contribution in [0.2, 0.25) is 0 Å². The van der Waals surface area contributed by atoms with Crippen molar-refractivity contribution in [2.45, 2.75) is 26.7 Å². The highest BCUT2D eigenvalue weighted by Gasteiger charge is 2.33. The van der Waals surface area contributed by atoms with Crippen molar-refractivity contribution < 1.29 is 9.90 Å². The molecule has 0 aliphatic carbocycles. The van der Waals surface area contributed by atoms with E-state index in [4.69, 9.17) is 10.4 Å². The molecule has 78 valence electrons. The summed E-state index contributed by atoms with van der Waals surface area (Å²) in [6.07, 6.45) is 0.748. The van der Waals surface area contributed by atoms with Crippen molar-refractivity contribution in [3.8, 4) is 6.07 Å². The molecule has 1 aliphatic rings. The first kappa shape index (κ1) is 10.8. The fraction of sp³-hybridized carbons (Fsp3) is 0.800. The lowest BCUT2D eigenvalue weighted by Gasteiger charge is -2.35. The zero-order chi connectivity index (χ0) is 10.8. The molecule has 0 radical (unpaired) electrons. The Morgan fingerprint density at radius 1 is 1.50 bits per heavy atom. The lowest BCUT2D eigenvalue weighted by Crippen LogP contribution is -2.41. The van der Waals surface area contributed by atoms with Gasteiger partial charge in [0.1, 0.15) is 0 Å². The van der Waals surface area contributed by atoms with E-state index in [1.54, 1.807) is 0 Å². The number of hydrogen-bond acceptors (Lipinski definition) is 2. The maximum Gasteiger partial charge on any atom is 0.407 e. The summed E-state index contributed by atoms with van der Waals surface area (Å²) in [6.45, 7) is 4.97. The molecule has 1 fully saturated rings. The number of nitriles is 1. The van der Waals surface area contributed by atoms with Crippen molar-refractivity contribution in [2.75, 3.05) is 13.1 Å². The molecule has 4 nitrogen and oxygen atoms in total. The van der Waals surface area contributed by atoms with E-state index in [-0.39, 0.29) is 5.41 Å². The second-order valence-electron chi connectivity index (χ2n) is 4.38. The highest BCUT2D eigenvalue weighted by atomic mass is 16.4. The van der Waals surface area contributed by atoms with Crippen LogP contribution >= 0.6 is 0 Å². The summed E-state index contributed by atoms with van der Waals surface area (Å²) in [4.78, 5) is 12.1. The number of rotatable bonds is 1. The molecule has 0 bridgehead atoms. The fourth-order valence-corrected chi connectivity index (χ4v) is 1.88. The number of carbonyl (C=O) groups is 1. The predicted molar refractivity (Wildman–Crippen MR) is 51.7 cm³/mol. The van der Waals surface area contributed by atoms with Crippen LogP contribution < -0.4 is 0 Å². The molecule has 0 unspecified atom stereocenters. The van der Waals surface area contributed by atoms with Crippen LogP contribution in [0.4, 0.5) is 4.79 Å². The van der Waals surface area contributed by atoms with Gasteiger partial charge in [-0.3, -0.25) is 0 Å². The number of hydrogen-bond donors (Lipinski definition) is 1. The second kappa shape index (κ2) is 3.87. The summed E-state index contributed by atoms with van der Waals surface area (Å²) in [5, 5.41) is 17.7. The second-order valence-corrected chi connectivity index (χ2v) is 4.38. The normalized spacial score (nSPS) is 19.1. The number of nitrogens with zero attached hydrogens (tertiary/aromatic N) is 2. The molecule has 0 spiro atoms. The minimum absolute atomic E-state index is 0.322. The zero-order valence-electron chi connectivity index (χ0n) is 8.66. The minimum Gasteiger partial charge on any atom is -0.465 e. The average Bonchev–Trinajstić information content (AvgIpc) is 2.18. The lowest BCUT2D eigenvalue weighted by atomic mass is 9.75. The van der Waals surface area contributed by atoms with Crippen molar-refractivity contribution in [1.29, 1.82) is 5.26 Å². The average molecular weight is 196 g/mol. The van der Waals surface area contributed by atoms with Gasteiger partial charge in [0, 0.05) is 13.1 Å². The topological polar surface area (TPSA) is 64.3 Å². The third-order valence-electron chi connectivity index (χ3n) is 3.07. The Kier molecular flexibility index (Phi) is 3.00. The standard InChI is InChI=1S/C10H16N2O2/c1-10(2,7-11)8-3-5-12(6-4-8)9(13)14/h8H,3-6H2,1-2H3,(H,13,14). The number of carboxylic acid groups (broad SMARTS) is 1. The molecule has 1 heterocycles. The minimum atomic E-state index is -0.849. The first-order chi connectivity index (χ1) is 6.47. The fourth-order valence-electron chi connectivity index (χ4n) is 1.88. The molecule has 14 heavy (non-hydrogen) atoms. The summed E-state index contributed by atoms with van der Waals surface area (Å²) in [5.74, 6) is 0.322. The van der Waals surface area contributed by atoms with Crippen LogP contribution in [0, 0.1) is 22.7 Å². The van der Waals surface area contributed by atoms with E-state index < -0.39 is 6.09 Å². The van der Waals surface area contributed by atoms with Crippen molar-refractivity contribution in [1.82, 2.24) is 4.90 Å². The van der Waals surface area contributed by atoms with Gasteiger partial charge in [-0.05, 0) is 32.6 Å². The molecule has 1 N–H and O–H groups in total. The molecule has 1 amide bonds. The van der Waals surface area contributed by atoms with Crippen LogP contribution in [0.1, 0.15) is 26.7 Å². The Morgan fingerprint density at radius 2 is 2.00 bits per heavy atom. The molecule has 1 rings (SSSR count). The first-order valence-electron chi connectivity index (χ1n) is 4.86. The summed E-state index contributed by atoms with van der Waals surface area (Å²) in [7, 11) is 0. The van der Waals surface area contributed by atoms with Gasteiger partial charge in [0.2, 0.25) is 0 Å². The highest BCUT2D eigenvalue weighted by Crippen LogP contribution is 2.34. The number of amides is 1. The summed E-state index contributed by atoms with van der Waals surface area (Å²) < 4.78 is 0. The molecule has 4 heteroatoms. The van der Waals surface area contributed by atoms with Gasteiger partial charge in [0.15, 0.2) is 0 Å². The van der Waals surface area contributed by atoms with Crippen molar-refractivity contribution >= 4 is 6.09 Å². The van der Waals surface area contributed by atoms with E-state index in [0.717, 1.165) is 12.8 Å². The first-order valence-corrected chi connectivity index (χ1v) is 4.86. The largest absolute Gasteiger partial charge is 0.465 e. The van der Waals surface area contributed by atoms with Gasteiger partial charge < -0.3 is 10.0 Å². The Balaban J connectivity index is 2.52. The number of likely N-dealkylation sites (tertiary alicyclic amines) is 1. The molecule has 0 atom stereocenters. The van der Waals surface area contributed by atoms with Gasteiger partial charge in [-0.2, -0.15) is 5.26 Å². The number of piperidine rings is 1. The molecule has 0 aromatic rings. The predicted octanol–water partition coefficient (Wildman–Crippen LogP) is 1.93. The van der Waals surface area contributed by atoms with Crippen molar-refractivity contribution in [2.24, 2.45) is 11.3 Å². The van der Waals surface area contributed by atoms with E-state index in [0.29, 0.717) is 19.0 Å². The van der Waals surface area contributed by atoms with E-state index >= 15 is 0 Å². The third kappa shape index (κ3) is 2.16. The Bertz CT molecular complexity index is 260. The summed E-state index contributed by atoms with van der Waals surface area (Å²) in [6, 6.07) is 2.29. The molecule has 0 aromatic heterocycles. The van der Waals surface area contributed by atoms with Gasteiger partial charge in [-0.1, -0.05) is 0 Å². The zero-order valence-corrected chi connectivity index (χ0v) is 8.66. The van der Waals surface area contributed by atoms with Crippen molar-refractivity contribution in [3.63, 3.8) is 0 Å². The van der Waals surface area contributed by atoms with Gasteiger partial charge in [0.25, 0.3) is 0 Å². The molecular formula is C10H16N2O2. The van der Waals surface area contributed by atoms with Crippen molar-refractivity contribution in [3.05, 3.63) is 0 Å². The van der Waals surface area contributed by atoms with Gasteiger partial charge >= 0.3 is 6.09 Å². The molecule has 1 aliphatic heterocycles. The Labute approximate surface area is 84.1 Å². The molecular weight excluding hydrogens is 180 g/mol. The maximum absolute atomic E-state index is 10.6. The summed E-state index contributed by atoms with van der Waals surface area (Å²) in [5.41, 5.74) is -0.329. The van der Waals surface area contributed by atoms with Crippen LogP contribution in [0.15, 0.2) is 0 Å². The smallest absolute Gasteiger partial charge is 0.407 e. The Hall–Kier alpha value is -1.24. The van der Waals surface area contributed by atoms with Crippen LogP contribution in [0.3, 0.4) is 0 Å². The van der Waals surface area contributed by atoms with Crippen LogP contribution in [-0.2, 0) is 0 Å². The van der Waals surface area contributed by atoms with Gasteiger partial charge in [0.05, 0.1) is 11.5 Å². The quantitative estimate of drug-likeness (QED) is 0.696. The third-order valence-corrected chi connectivity index (χ3v) is 3.07. The Morgan fingerprint density at radius 3 is 2.36 bits per heavy atom. The SMILES string of the molecule is CC(C)(C#N)C1CCN(C(=O)O)CC1.